The lowest BCUT2D eigenvalue weighted by Gasteiger charge is -2.12. The molecule has 1 heterocycles. The second-order valence-corrected chi connectivity index (χ2v) is 5.17. The van der Waals surface area contributed by atoms with E-state index in [1.54, 1.807) is 0 Å². The van der Waals surface area contributed by atoms with E-state index < -0.39 is 17.5 Å². The molecular formula is C14H11ClF3N. The molecule has 100 valence electrons. The lowest BCUT2D eigenvalue weighted by molar-refractivity contribution is 0.453. The highest BCUT2D eigenvalue weighted by Crippen LogP contribution is 2.35. The highest BCUT2D eigenvalue weighted by atomic mass is 35.5. The van der Waals surface area contributed by atoms with Crippen LogP contribution in [-0.2, 0) is 12.8 Å². The molecule has 1 aliphatic rings. The minimum absolute atomic E-state index is 0.0852. The Hall–Kier alpha value is -1.29. The zero-order chi connectivity index (χ0) is 13.6. The van der Waals surface area contributed by atoms with Crippen molar-refractivity contribution in [3.63, 3.8) is 0 Å². The minimum Gasteiger partial charge on any atom is -0.252 e. The van der Waals surface area contributed by atoms with Crippen LogP contribution in [0, 0.1) is 17.5 Å². The fraction of sp³-hybridized carbons (Fsp3) is 0.357. The van der Waals surface area contributed by atoms with E-state index in [0.29, 0.717) is 6.42 Å². The third kappa shape index (κ3) is 1.98. The van der Waals surface area contributed by atoms with Gasteiger partial charge in [0.25, 0.3) is 0 Å². The van der Waals surface area contributed by atoms with Crippen LogP contribution in [0.25, 0.3) is 10.9 Å². The Balaban J connectivity index is 2.38. The normalized spacial score (nSPS) is 15.4. The summed E-state index contributed by atoms with van der Waals surface area (Å²) in [5.41, 5.74) is 1.64. The molecule has 1 aromatic carbocycles. The van der Waals surface area contributed by atoms with Crippen LogP contribution >= 0.6 is 11.6 Å². The lowest BCUT2D eigenvalue weighted by atomic mass is 10.0. The number of pyridine rings is 1. The van der Waals surface area contributed by atoms with Gasteiger partial charge in [-0.15, -0.1) is 0 Å². The van der Waals surface area contributed by atoms with E-state index in [1.807, 2.05) is 0 Å². The number of benzene rings is 1. The Morgan fingerprint density at radius 3 is 2.53 bits per heavy atom. The van der Waals surface area contributed by atoms with Crippen molar-refractivity contribution in [2.24, 2.45) is 0 Å². The number of rotatable bonds is 0. The topological polar surface area (TPSA) is 12.9 Å². The second kappa shape index (κ2) is 4.67. The number of nitrogens with zero attached hydrogens (tertiary/aromatic N) is 1. The molecule has 0 saturated carbocycles. The summed E-state index contributed by atoms with van der Waals surface area (Å²) in [5.74, 6) is -3.98. The van der Waals surface area contributed by atoms with Gasteiger partial charge < -0.3 is 0 Å². The molecule has 19 heavy (non-hydrogen) atoms. The molecule has 3 rings (SSSR count). The van der Waals surface area contributed by atoms with Gasteiger partial charge in [-0.3, -0.25) is 4.98 Å². The standard InChI is InChI=1S/C14H11ClF3N/c15-12-7-4-2-1-3-5-9(7)19-10-6-8(16)13(17)14(18)11(10)12/h6H,1-5H2. The Labute approximate surface area is 113 Å². The molecule has 0 atom stereocenters. The van der Waals surface area contributed by atoms with Gasteiger partial charge >= 0.3 is 0 Å². The van der Waals surface area contributed by atoms with Crippen LogP contribution in [0.1, 0.15) is 30.5 Å². The SMILES string of the molecule is Fc1cc2nc3c(c(Cl)c2c(F)c1F)CCCCC3. The van der Waals surface area contributed by atoms with Crippen molar-refractivity contribution >= 4 is 22.5 Å². The monoisotopic (exact) mass is 285 g/mol. The first-order valence-electron chi connectivity index (χ1n) is 6.24. The van der Waals surface area contributed by atoms with Gasteiger partial charge in [-0.25, -0.2) is 13.2 Å². The molecule has 1 aliphatic carbocycles. The predicted octanol–water partition coefficient (Wildman–Crippen LogP) is 4.57. The maximum Gasteiger partial charge on any atom is 0.195 e. The zero-order valence-electron chi connectivity index (χ0n) is 10.1. The molecule has 0 spiro atoms. The summed E-state index contributed by atoms with van der Waals surface area (Å²) >= 11 is 6.19. The van der Waals surface area contributed by atoms with Crippen molar-refractivity contribution in [1.29, 1.82) is 0 Å². The molecule has 0 bridgehead atoms. The first-order chi connectivity index (χ1) is 9.09. The summed E-state index contributed by atoms with van der Waals surface area (Å²) in [7, 11) is 0. The van der Waals surface area contributed by atoms with Gasteiger partial charge in [-0.05, 0) is 31.2 Å². The minimum atomic E-state index is -1.50. The number of aryl methyl sites for hydroxylation is 1. The third-order valence-corrected chi connectivity index (χ3v) is 3.99. The number of aromatic nitrogens is 1. The quantitative estimate of drug-likeness (QED) is 0.510. The van der Waals surface area contributed by atoms with E-state index in [2.05, 4.69) is 4.98 Å². The van der Waals surface area contributed by atoms with Gasteiger partial charge in [-0.2, -0.15) is 0 Å². The van der Waals surface area contributed by atoms with Crippen molar-refractivity contribution in [3.8, 4) is 0 Å². The number of halogens is 4. The predicted molar refractivity (Wildman–Crippen MR) is 67.9 cm³/mol. The van der Waals surface area contributed by atoms with Crippen LogP contribution in [0.5, 0.6) is 0 Å². The van der Waals surface area contributed by atoms with E-state index in [0.717, 1.165) is 43.0 Å². The molecule has 0 N–H and O–H groups in total. The second-order valence-electron chi connectivity index (χ2n) is 4.79. The molecule has 0 amide bonds. The highest BCUT2D eigenvalue weighted by molar-refractivity contribution is 6.36. The fourth-order valence-electron chi connectivity index (χ4n) is 2.60. The van der Waals surface area contributed by atoms with Gasteiger partial charge in [-0.1, -0.05) is 18.0 Å². The summed E-state index contributed by atoms with van der Waals surface area (Å²) < 4.78 is 40.4. The Morgan fingerprint density at radius 1 is 1.00 bits per heavy atom. The molecule has 1 aromatic heterocycles. The summed E-state index contributed by atoms with van der Waals surface area (Å²) in [4.78, 5) is 4.27. The van der Waals surface area contributed by atoms with Crippen molar-refractivity contribution in [3.05, 3.63) is 39.8 Å². The molecule has 1 nitrogen and oxygen atoms in total. The molecule has 0 aliphatic heterocycles. The number of fused-ring (bicyclic) bond motifs is 2. The molecule has 0 unspecified atom stereocenters. The first kappa shape index (κ1) is 12.7. The fourth-order valence-corrected chi connectivity index (χ4v) is 2.99. The molecular weight excluding hydrogens is 275 g/mol. The van der Waals surface area contributed by atoms with Crippen molar-refractivity contribution < 1.29 is 13.2 Å². The summed E-state index contributed by atoms with van der Waals surface area (Å²) in [6, 6.07) is 0.908. The van der Waals surface area contributed by atoms with Crippen LogP contribution < -0.4 is 0 Å². The molecule has 5 heteroatoms. The van der Waals surface area contributed by atoms with Crippen LogP contribution in [-0.4, -0.2) is 4.98 Å². The van der Waals surface area contributed by atoms with Crippen LogP contribution in [0.2, 0.25) is 5.02 Å². The number of hydrogen-bond donors (Lipinski definition) is 0. The maximum absolute atomic E-state index is 13.9. The smallest absolute Gasteiger partial charge is 0.195 e. The summed E-state index contributed by atoms with van der Waals surface area (Å²) in [6.07, 6.45) is 4.43. The molecule has 2 aromatic rings. The average molecular weight is 286 g/mol. The van der Waals surface area contributed by atoms with Crippen molar-refractivity contribution in [1.82, 2.24) is 4.98 Å². The van der Waals surface area contributed by atoms with E-state index in [-0.39, 0.29) is 15.9 Å². The third-order valence-electron chi connectivity index (χ3n) is 3.57. The molecule has 0 fully saturated rings. The van der Waals surface area contributed by atoms with E-state index >= 15 is 0 Å². The zero-order valence-corrected chi connectivity index (χ0v) is 10.8. The van der Waals surface area contributed by atoms with Crippen LogP contribution in [0.4, 0.5) is 13.2 Å². The van der Waals surface area contributed by atoms with Crippen LogP contribution in [0.15, 0.2) is 6.07 Å². The van der Waals surface area contributed by atoms with Gasteiger partial charge in [0.05, 0.1) is 15.9 Å². The average Bonchev–Trinajstić information content (AvgIpc) is 2.61. The number of hydrogen-bond acceptors (Lipinski definition) is 1. The van der Waals surface area contributed by atoms with Gasteiger partial charge in [0, 0.05) is 11.8 Å². The Kier molecular flexibility index (Phi) is 3.13. The van der Waals surface area contributed by atoms with Crippen LogP contribution in [0.3, 0.4) is 0 Å². The Bertz CT molecular complexity index is 670. The summed E-state index contributed by atoms with van der Waals surface area (Å²) in [5, 5.41) is 0.0690. The maximum atomic E-state index is 13.9. The Morgan fingerprint density at radius 2 is 1.74 bits per heavy atom. The van der Waals surface area contributed by atoms with E-state index in [1.165, 1.54) is 0 Å². The van der Waals surface area contributed by atoms with Gasteiger partial charge in [0.1, 0.15) is 0 Å². The largest absolute Gasteiger partial charge is 0.252 e. The highest BCUT2D eigenvalue weighted by Gasteiger charge is 2.22. The van der Waals surface area contributed by atoms with Gasteiger partial charge in [0.2, 0.25) is 0 Å². The summed E-state index contributed by atoms with van der Waals surface area (Å²) in [6.45, 7) is 0. The van der Waals surface area contributed by atoms with Crippen molar-refractivity contribution in [2.45, 2.75) is 32.1 Å². The van der Waals surface area contributed by atoms with E-state index in [4.69, 9.17) is 11.6 Å². The van der Waals surface area contributed by atoms with E-state index in [9.17, 15) is 13.2 Å². The lowest BCUT2D eigenvalue weighted by Crippen LogP contribution is -2.02. The molecule has 0 radical (unpaired) electrons. The molecule has 0 saturated heterocycles. The van der Waals surface area contributed by atoms with Gasteiger partial charge in [0.15, 0.2) is 17.5 Å². The first-order valence-corrected chi connectivity index (χ1v) is 6.62. The van der Waals surface area contributed by atoms with Crippen molar-refractivity contribution in [2.75, 3.05) is 0 Å².